The molecule has 3 heteroatoms. The van der Waals surface area contributed by atoms with E-state index >= 15 is 0 Å². The van der Waals surface area contributed by atoms with Crippen molar-refractivity contribution in [3.05, 3.63) is 59.2 Å². The van der Waals surface area contributed by atoms with Gasteiger partial charge in [-0.1, -0.05) is 30.3 Å². The van der Waals surface area contributed by atoms with E-state index in [1.165, 1.54) is 0 Å². The molecule has 0 aromatic heterocycles. The van der Waals surface area contributed by atoms with Gasteiger partial charge >= 0.3 is 0 Å². The number of hydrogen-bond donors (Lipinski definition) is 1. The van der Waals surface area contributed by atoms with Gasteiger partial charge < -0.3 is 14.6 Å². The van der Waals surface area contributed by atoms with E-state index < -0.39 is 6.10 Å². The molecule has 0 saturated carbocycles. The van der Waals surface area contributed by atoms with Gasteiger partial charge in [0, 0.05) is 11.1 Å². The maximum Gasteiger partial charge on any atom is 0.125 e. The van der Waals surface area contributed by atoms with Gasteiger partial charge in [-0.25, -0.2) is 0 Å². The molecule has 0 spiro atoms. The number of aliphatic hydroxyl groups excluding tert-OH is 1. The summed E-state index contributed by atoms with van der Waals surface area (Å²) >= 11 is 0. The fraction of sp³-hybridized carbons (Fsp3) is 0.333. The zero-order valence-corrected chi connectivity index (χ0v) is 13.0. The maximum atomic E-state index is 10.7. The summed E-state index contributed by atoms with van der Waals surface area (Å²) in [5, 5.41) is 10.7. The minimum atomic E-state index is -0.782. The average molecular weight is 286 g/mol. The molecule has 112 valence electrons. The maximum absolute atomic E-state index is 10.7. The van der Waals surface area contributed by atoms with E-state index in [9.17, 15) is 5.11 Å². The van der Waals surface area contributed by atoms with Crippen molar-refractivity contribution < 1.29 is 14.6 Å². The number of benzene rings is 2. The number of aryl methyl sites for hydroxylation is 1. The SMILES string of the molecule is COc1cc(C)ccc1C(O)c1ccccc1OC(C)C. The highest BCUT2D eigenvalue weighted by Gasteiger charge is 2.19. The summed E-state index contributed by atoms with van der Waals surface area (Å²) in [6.07, 6.45) is -0.728. The molecule has 0 fully saturated rings. The third-order valence-corrected chi connectivity index (χ3v) is 3.26. The van der Waals surface area contributed by atoms with Crippen LogP contribution in [0.1, 0.15) is 36.6 Å². The Morgan fingerprint density at radius 1 is 0.952 bits per heavy atom. The van der Waals surface area contributed by atoms with Crippen LogP contribution in [0.25, 0.3) is 0 Å². The molecule has 0 aliphatic rings. The largest absolute Gasteiger partial charge is 0.496 e. The lowest BCUT2D eigenvalue weighted by molar-refractivity contribution is 0.195. The highest BCUT2D eigenvalue weighted by Crippen LogP contribution is 2.35. The van der Waals surface area contributed by atoms with Crippen molar-refractivity contribution in [1.29, 1.82) is 0 Å². The third-order valence-electron chi connectivity index (χ3n) is 3.26. The van der Waals surface area contributed by atoms with Crippen molar-refractivity contribution in [2.45, 2.75) is 33.0 Å². The Labute approximate surface area is 126 Å². The molecule has 1 unspecified atom stereocenters. The van der Waals surface area contributed by atoms with E-state index in [0.717, 1.165) is 16.7 Å². The molecule has 0 heterocycles. The van der Waals surface area contributed by atoms with Gasteiger partial charge in [0.15, 0.2) is 0 Å². The number of hydrogen-bond acceptors (Lipinski definition) is 3. The van der Waals surface area contributed by atoms with Gasteiger partial charge in [0.05, 0.1) is 13.2 Å². The molecule has 1 atom stereocenters. The molecule has 2 aromatic rings. The Hall–Kier alpha value is -2.00. The van der Waals surface area contributed by atoms with Crippen LogP contribution < -0.4 is 9.47 Å². The van der Waals surface area contributed by atoms with E-state index in [-0.39, 0.29) is 6.10 Å². The molecule has 21 heavy (non-hydrogen) atoms. The second-order valence-corrected chi connectivity index (χ2v) is 5.35. The summed E-state index contributed by atoms with van der Waals surface area (Å²) in [6.45, 7) is 5.93. The molecular formula is C18H22O3. The molecule has 0 aliphatic carbocycles. The van der Waals surface area contributed by atoms with Crippen LogP contribution in [0.4, 0.5) is 0 Å². The van der Waals surface area contributed by atoms with Gasteiger partial charge in [-0.3, -0.25) is 0 Å². The second kappa shape index (κ2) is 6.64. The first-order chi connectivity index (χ1) is 10.0. The Morgan fingerprint density at radius 2 is 1.62 bits per heavy atom. The fourth-order valence-corrected chi connectivity index (χ4v) is 2.28. The van der Waals surface area contributed by atoms with Crippen LogP contribution in [-0.2, 0) is 0 Å². The number of methoxy groups -OCH3 is 1. The van der Waals surface area contributed by atoms with E-state index in [0.29, 0.717) is 11.5 Å². The lowest BCUT2D eigenvalue weighted by Crippen LogP contribution is -2.10. The smallest absolute Gasteiger partial charge is 0.125 e. The van der Waals surface area contributed by atoms with Gasteiger partial charge in [-0.2, -0.15) is 0 Å². The van der Waals surface area contributed by atoms with Crippen LogP contribution in [0, 0.1) is 6.92 Å². The summed E-state index contributed by atoms with van der Waals surface area (Å²) in [6, 6.07) is 13.3. The van der Waals surface area contributed by atoms with Crippen molar-refractivity contribution in [3.8, 4) is 11.5 Å². The van der Waals surface area contributed by atoms with E-state index in [1.807, 2.05) is 63.2 Å². The molecule has 1 N–H and O–H groups in total. The fourth-order valence-electron chi connectivity index (χ4n) is 2.28. The van der Waals surface area contributed by atoms with Gasteiger partial charge in [-0.05, 0) is 38.5 Å². The average Bonchev–Trinajstić information content (AvgIpc) is 2.46. The molecule has 0 radical (unpaired) electrons. The minimum Gasteiger partial charge on any atom is -0.496 e. The van der Waals surface area contributed by atoms with Crippen LogP contribution in [0.15, 0.2) is 42.5 Å². The van der Waals surface area contributed by atoms with Crippen molar-refractivity contribution in [2.75, 3.05) is 7.11 Å². The number of ether oxygens (including phenoxy) is 2. The Morgan fingerprint density at radius 3 is 2.29 bits per heavy atom. The molecule has 0 saturated heterocycles. The first-order valence-electron chi connectivity index (χ1n) is 7.11. The second-order valence-electron chi connectivity index (χ2n) is 5.35. The Bertz CT molecular complexity index is 605. The minimum absolute atomic E-state index is 0.0539. The Balaban J connectivity index is 2.42. The van der Waals surface area contributed by atoms with Crippen LogP contribution in [-0.4, -0.2) is 18.3 Å². The zero-order valence-electron chi connectivity index (χ0n) is 13.0. The van der Waals surface area contributed by atoms with Gasteiger partial charge in [0.25, 0.3) is 0 Å². The third kappa shape index (κ3) is 3.56. The van der Waals surface area contributed by atoms with E-state index in [1.54, 1.807) is 7.11 Å². The first kappa shape index (κ1) is 15.4. The Kier molecular flexibility index (Phi) is 4.86. The summed E-state index contributed by atoms with van der Waals surface area (Å²) in [5.74, 6) is 1.38. The predicted octanol–water partition coefficient (Wildman–Crippen LogP) is 3.87. The summed E-state index contributed by atoms with van der Waals surface area (Å²) in [5.41, 5.74) is 2.57. The van der Waals surface area contributed by atoms with Gasteiger partial charge in [0.2, 0.25) is 0 Å². The van der Waals surface area contributed by atoms with E-state index in [4.69, 9.17) is 9.47 Å². The van der Waals surface area contributed by atoms with Gasteiger partial charge in [-0.15, -0.1) is 0 Å². The molecule has 0 aliphatic heterocycles. The summed E-state index contributed by atoms with van der Waals surface area (Å²) in [4.78, 5) is 0. The predicted molar refractivity (Wildman–Crippen MR) is 84.0 cm³/mol. The molecule has 0 bridgehead atoms. The van der Waals surface area contributed by atoms with E-state index in [2.05, 4.69) is 0 Å². The molecule has 0 amide bonds. The van der Waals surface area contributed by atoms with Gasteiger partial charge in [0.1, 0.15) is 17.6 Å². The zero-order chi connectivity index (χ0) is 15.4. The number of para-hydroxylation sites is 1. The highest BCUT2D eigenvalue weighted by atomic mass is 16.5. The highest BCUT2D eigenvalue weighted by molar-refractivity contribution is 5.46. The first-order valence-corrected chi connectivity index (χ1v) is 7.11. The van der Waals surface area contributed by atoms with Crippen molar-refractivity contribution in [3.63, 3.8) is 0 Å². The molecule has 3 nitrogen and oxygen atoms in total. The lowest BCUT2D eigenvalue weighted by atomic mass is 9.98. The van der Waals surface area contributed by atoms with Crippen LogP contribution >= 0.6 is 0 Å². The summed E-state index contributed by atoms with van der Waals surface area (Å²) < 4.78 is 11.2. The molecular weight excluding hydrogens is 264 g/mol. The van der Waals surface area contributed by atoms with Crippen molar-refractivity contribution >= 4 is 0 Å². The monoisotopic (exact) mass is 286 g/mol. The lowest BCUT2D eigenvalue weighted by Gasteiger charge is -2.20. The van der Waals surface area contributed by atoms with Crippen molar-refractivity contribution in [2.24, 2.45) is 0 Å². The summed E-state index contributed by atoms with van der Waals surface area (Å²) in [7, 11) is 1.61. The number of aliphatic hydroxyl groups is 1. The van der Waals surface area contributed by atoms with Crippen LogP contribution in [0.3, 0.4) is 0 Å². The normalized spacial score (nSPS) is 12.3. The van der Waals surface area contributed by atoms with Crippen molar-refractivity contribution in [1.82, 2.24) is 0 Å². The van der Waals surface area contributed by atoms with Crippen LogP contribution in [0.5, 0.6) is 11.5 Å². The topological polar surface area (TPSA) is 38.7 Å². The van der Waals surface area contributed by atoms with Crippen LogP contribution in [0.2, 0.25) is 0 Å². The molecule has 2 aromatic carbocycles. The number of rotatable bonds is 5. The quantitative estimate of drug-likeness (QED) is 0.906. The standard InChI is InChI=1S/C18H22O3/c1-12(2)21-16-8-6-5-7-14(16)18(19)15-10-9-13(3)11-17(15)20-4/h5-12,18-19H,1-4H3. The molecule has 2 rings (SSSR count).